The summed E-state index contributed by atoms with van der Waals surface area (Å²) in [5.74, 6) is 0. The quantitative estimate of drug-likeness (QED) is 0.772. The Hall–Kier alpha value is -0.590. The summed E-state index contributed by atoms with van der Waals surface area (Å²) in [6.45, 7) is 0. The first kappa shape index (κ1) is 9.95. The second-order valence-corrected chi connectivity index (χ2v) is 5.05. The van der Waals surface area contributed by atoms with Crippen LogP contribution in [0.4, 0.5) is 4.39 Å². The van der Waals surface area contributed by atoms with Crippen molar-refractivity contribution in [3.63, 3.8) is 0 Å². The van der Waals surface area contributed by atoms with E-state index in [1.165, 1.54) is 12.3 Å². The average Bonchev–Trinajstić information content (AvgIpc) is 2.70. The Balaban J connectivity index is 2.14. The molecule has 1 aromatic rings. The molecule has 2 rings (SSSR count). The van der Waals surface area contributed by atoms with E-state index < -0.39 is 11.1 Å². The molecule has 0 radical (unpaired) electrons. The van der Waals surface area contributed by atoms with Crippen LogP contribution in [0.1, 0.15) is 17.4 Å². The Morgan fingerprint density at radius 3 is 3.00 bits per heavy atom. The van der Waals surface area contributed by atoms with Crippen LogP contribution in [0.2, 0.25) is 0 Å². The van der Waals surface area contributed by atoms with Gasteiger partial charge < -0.3 is 9.54 Å². The zero-order valence-electron chi connectivity index (χ0n) is 7.07. The van der Waals surface area contributed by atoms with E-state index in [1.807, 2.05) is 0 Å². The third-order valence-corrected chi connectivity index (χ3v) is 3.74. The molecule has 0 saturated heterocycles. The van der Waals surface area contributed by atoms with Gasteiger partial charge in [0.2, 0.25) is 0 Å². The molecular formula is C8H8FNO2S2. The van der Waals surface area contributed by atoms with Gasteiger partial charge in [0.15, 0.2) is 16.2 Å². The lowest BCUT2D eigenvalue weighted by Gasteiger charge is -2.04. The van der Waals surface area contributed by atoms with Gasteiger partial charge in [0.25, 0.3) is 0 Å². The van der Waals surface area contributed by atoms with Gasteiger partial charge in [-0.1, -0.05) is 11.8 Å². The molecule has 0 aliphatic carbocycles. The molecular weight excluding hydrogens is 225 g/mol. The zero-order valence-corrected chi connectivity index (χ0v) is 8.70. The van der Waals surface area contributed by atoms with Crippen molar-refractivity contribution in [2.24, 2.45) is 0 Å². The standard InChI is InChI=1S/C8H8FNO2S2/c9-8-2-1-7(13-8)6-3-5(4-10-6)14(11)12/h2-4,7,10H,1H2,(H,11,12). The van der Waals surface area contributed by atoms with Crippen LogP contribution < -0.4 is 0 Å². The van der Waals surface area contributed by atoms with E-state index in [2.05, 4.69) is 4.98 Å². The van der Waals surface area contributed by atoms with E-state index in [0.717, 1.165) is 17.5 Å². The summed E-state index contributed by atoms with van der Waals surface area (Å²) in [7, 11) is 0. The van der Waals surface area contributed by atoms with E-state index in [-0.39, 0.29) is 10.4 Å². The van der Waals surface area contributed by atoms with Gasteiger partial charge in [0.1, 0.15) is 0 Å². The van der Waals surface area contributed by atoms with Crippen molar-refractivity contribution in [2.75, 3.05) is 0 Å². The van der Waals surface area contributed by atoms with Crippen LogP contribution in [0.25, 0.3) is 0 Å². The highest BCUT2D eigenvalue weighted by Crippen LogP contribution is 2.43. The second kappa shape index (κ2) is 3.88. The fraction of sp³-hybridized carbons (Fsp3) is 0.250. The van der Waals surface area contributed by atoms with Gasteiger partial charge in [-0.3, -0.25) is 0 Å². The lowest BCUT2D eigenvalue weighted by Crippen LogP contribution is -1.88. The van der Waals surface area contributed by atoms with Crippen LogP contribution in [0.3, 0.4) is 0 Å². The minimum Gasteiger partial charge on any atom is -0.363 e. The summed E-state index contributed by atoms with van der Waals surface area (Å²) in [6.07, 6.45) is 3.61. The molecule has 14 heavy (non-hydrogen) atoms. The van der Waals surface area contributed by atoms with E-state index in [9.17, 15) is 8.60 Å². The number of nitrogens with one attached hydrogen (secondary N) is 1. The van der Waals surface area contributed by atoms with Gasteiger partial charge in [-0.2, -0.15) is 4.39 Å². The first-order valence-corrected chi connectivity index (χ1v) is 5.97. The van der Waals surface area contributed by atoms with Crippen molar-refractivity contribution >= 4 is 22.8 Å². The molecule has 0 aromatic carbocycles. The predicted octanol–water partition coefficient (Wildman–Crippen LogP) is 2.58. The fourth-order valence-corrected chi connectivity index (χ4v) is 2.61. The maximum atomic E-state index is 12.7. The second-order valence-electron chi connectivity index (χ2n) is 2.89. The maximum absolute atomic E-state index is 12.7. The Kier molecular flexibility index (Phi) is 2.76. The van der Waals surface area contributed by atoms with Crippen molar-refractivity contribution in [1.82, 2.24) is 4.98 Å². The highest BCUT2D eigenvalue weighted by Gasteiger charge is 2.21. The first-order valence-electron chi connectivity index (χ1n) is 3.98. The van der Waals surface area contributed by atoms with Crippen LogP contribution in [0.5, 0.6) is 0 Å². The molecule has 2 heterocycles. The zero-order chi connectivity index (χ0) is 10.1. The summed E-state index contributed by atoms with van der Waals surface area (Å²) in [5, 5.41) is -0.177. The van der Waals surface area contributed by atoms with E-state index in [1.54, 1.807) is 6.07 Å². The molecule has 0 spiro atoms. The summed E-state index contributed by atoms with van der Waals surface area (Å²) < 4.78 is 32.2. The molecule has 3 nitrogen and oxygen atoms in total. The average molecular weight is 233 g/mol. The molecule has 2 unspecified atom stereocenters. The van der Waals surface area contributed by atoms with E-state index in [4.69, 9.17) is 4.55 Å². The van der Waals surface area contributed by atoms with Gasteiger partial charge in [-0.15, -0.1) is 0 Å². The van der Waals surface area contributed by atoms with Crippen molar-refractivity contribution in [1.29, 1.82) is 0 Å². The Bertz CT molecular complexity index is 402. The SMILES string of the molecule is O=S(O)c1c[nH]c(C2CC=C(F)S2)c1. The number of hydrogen-bond acceptors (Lipinski definition) is 2. The van der Waals surface area contributed by atoms with Crippen LogP contribution >= 0.6 is 11.8 Å². The molecule has 1 aliphatic rings. The van der Waals surface area contributed by atoms with E-state index >= 15 is 0 Å². The van der Waals surface area contributed by atoms with Crippen LogP contribution in [-0.4, -0.2) is 13.7 Å². The molecule has 0 fully saturated rings. The molecule has 0 bridgehead atoms. The number of rotatable bonds is 2. The van der Waals surface area contributed by atoms with Crippen molar-refractivity contribution in [3.05, 3.63) is 29.2 Å². The Morgan fingerprint density at radius 1 is 1.71 bits per heavy atom. The van der Waals surface area contributed by atoms with Gasteiger partial charge in [-0.25, -0.2) is 4.21 Å². The van der Waals surface area contributed by atoms with Crippen molar-refractivity contribution < 1.29 is 13.2 Å². The first-order chi connectivity index (χ1) is 6.66. The monoisotopic (exact) mass is 233 g/mol. The third-order valence-electron chi connectivity index (χ3n) is 1.97. The van der Waals surface area contributed by atoms with Crippen molar-refractivity contribution in [3.8, 4) is 0 Å². The normalized spacial score (nSPS) is 23.6. The minimum absolute atomic E-state index is 0.00676. The Labute approximate surface area is 87.1 Å². The molecule has 1 aromatic heterocycles. The lowest BCUT2D eigenvalue weighted by molar-refractivity contribution is 0.564. The molecule has 0 saturated carbocycles. The topological polar surface area (TPSA) is 53.1 Å². The molecule has 2 N–H and O–H groups in total. The number of aromatic nitrogens is 1. The number of allylic oxidation sites excluding steroid dienone is 1. The summed E-state index contributed by atoms with van der Waals surface area (Å²) in [5.41, 5.74) is 0.788. The predicted molar refractivity (Wildman–Crippen MR) is 54.0 cm³/mol. The maximum Gasteiger partial charge on any atom is 0.188 e. The van der Waals surface area contributed by atoms with Crippen molar-refractivity contribution in [2.45, 2.75) is 16.6 Å². The number of hydrogen-bond donors (Lipinski definition) is 2. The molecule has 1 aliphatic heterocycles. The molecule has 2 atom stereocenters. The largest absolute Gasteiger partial charge is 0.363 e. The number of H-pyrrole nitrogens is 1. The lowest BCUT2D eigenvalue weighted by atomic mass is 10.2. The summed E-state index contributed by atoms with van der Waals surface area (Å²) in [6, 6.07) is 1.60. The van der Waals surface area contributed by atoms with Crippen LogP contribution in [0, 0.1) is 0 Å². The number of thioether (sulfide) groups is 1. The molecule has 0 amide bonds. The molecule has 76 valence electrons. The third kappa shape index (κ3) is 1.92. The van der Waals surface area contributed by atoms with Gasteiger partial charge in [0, 0.05) is 11.9 Å². The van der Waals surface area contributed by atoms with Crippen LogP contribution in [-0.2, 0) is 11.1 Å². The highest BCUT2D eigenvalue weighted by molar-refractivity contribution is 8.03. The fourth-order valence-electron chi connectivity index (χ4n) is 1.30. The minimum atomic E-state index is -1.97. The Morgan fingerprint density at radius 2 is 2.50 bits per heavy atom. The molecule has 6 heteroatoms. The number of halogens is 1. The number of aromatic amines is 1. The smallest absolute Gasteiger partial charge is 0.188 e. The van der Waals surface area contributed by atoms with Gasteiger partial charge >= 0.3 is 0 Å². The summed E-state index contributed by atoms with van der Waals surface area (Å²) in [4.78, 5) is 3.20. The highest BCUT2D eigenvalue weighted by atomic mass is 32.2. The van der Waals surface area contributed by atoms with E-state index in [0.29, 0.717) is 11.3 Å². The van der Waals surface area contributed by atoms with Gasteiger partial charge in [0.05, 0.1) is 10.1 Å². The van der Waals surface area contributed by atoms with Crippen LogP contribution in [0.15, 0.2) is 28.4 Å². The van der Waals surface area contributed by atoms with Gasteiger partial charge in [-0.05, 0) is 18.6 Å². The summed E-state index contributed by atoms with van der Waals surface area (Å²) >= 11 is -0.842.